The molecule has 0 unspecified atom stereocenters. The maximum absolute atomic E-state index is 12.4. The Kier molecular flexibility index (Phi) is 5.27. The standard InChI is InChI=1S/C14H26N2O4S/c1-21(19,20)16-9-5-12(6-10-16)13(18)15-14(11-17)7-3-2-4-8-14/h12,17H,2-11H2,1H3,(H,15,18). The lowest BCUT2D eigenvalue weighted by Crippen LogP contribution is -2.55. The van der Waals surface area contributed by atoms with Crippen LogP contribution in [0.5, 0.6) is 0 Å². The van der Waals surface area contributed by atoms with E-state index in [1.807, 2.05) is 0 Å². The van der Waals surface area contributed by atoms with Gasteiger partial charge < -0.3 is 10.4 Å². The SMILES string of the molecule is CS(=O)(=O)N1CCC(C(=O)NC2(CO)CCCCC2)CC1. The van der Waals surface area contributed by atoms with Crippen LogP contribution in [-0.2, 0) is 14.8 Å². The summed E-state index contributed by atoms with van der Waals surface area (Å²) < 4.78 is 24.4. The van der Waals surface area contributed by atoms with E-state index in [2.05, 4.69) is 5.32 Å². The highest BCUT2D eigenvalue weighted by Gasteiger charge is 2.36. The molecular formula is C14H26N2O4S. The lowest BCUT2D eigenvalue weighted by atomic mass is 9.81. The molecule has 0 aromatic heterocycles. The number of piperidine rings is 1. The highest BCUT2D eigenvalue weighted by molar-refractivity contribution is 7.88. The first-order chi connectivity index (χ1) is 9.86. The summed E-state index contributed by atoms with van der Waals surface area (Å²) in [5, 5.41) is 12.7. The minimum Gasteiger partial charge on any atom is -0.394 e. The summed E-state index contributed by atoms with van der Waals surface area (Å²) in [6.07, 6.45) is 7.21. The van der Waals surface area contributed by atoms with Crippen LogP contribution in [0.4, 0.5) is 0 Å². The molecule has 1 aliphatic heterocycles. The van der Waals surface area contributed by atoms with Crippen LogP contribution >= 0.6 is 0 Å². The van der Waals surface area contributed by atoms with Gasteiger partial charge in [0.15, 0.2) is 0 Å². The van der Waals surface area contributed by atoms with E-state index < -0.39 is 15.6 Å². The topological polar surface area (TPSA) is 86.7 Å². The van der Waals surface area contributed by atoms with Gasteiger partial charge in [-0.15, -0.1) is 0 Å². The summed E-state index contributed by atoms with van der Waals surface area (Å²) in [6, 6.07) is 0. The van der Waals surface area contributed by atoms with Crippen LogP contribution in [0.3, 0.4) is 0 Å². The van der Waals surface area contributed by atoms with Gasteiger partial charge in [0.25, 0.3) is 0 Å². The van der Waals surface area contributed by atoms with E-state index in [1.54, 1.807) is 0 Å². The minimum atomic E-state index is -3.16. The van der Waals surface area contributed by atoms with Crippen molar-refractivity contribution < 1.29 is 18.3 Å². The normalized spacial score (nSPS) is 24.7. The van der Waals surface area contributed by atoms with E-state index in [1.165, 1.54) is 10.6 Å². The molecule has 1 amide bonds. The van der Waals surface area contributed by atoms with Crippen molar-refractivity contribution in [3.05, 3.63) is 0 Å². The first-order valence-electron chi connectivity index (χ1n) is 7.74. The van der Waals surface area contributed by atoms with Gasteiger partial charge in [-0.25, -0.2) is 12.7 Å². The zero-order valence-corrected chi connectivity index (χ0v) is 13.5. The number of aliphatic hydroxyl groups excluding tert-OH is 1. The van der Waals surface area contributed by atoms with Crippen molar-refractivity contribution in [2.45, 2.75) is 50.5 Å². The fraction of sp³-hybridized carbons (Fsp3) is 0.929. The molecule has 2 fully saturated rings. The van der Waals surface area contributed by atoms with Gasteiger partial charge in [-0.3, -0.25) is 4.79 Å². The zero-order chi connectivity index (χ0) is 15.5. The molecule has 1 aliphatic carbocycles. The Bertz CT molecular complexity index is 463. The summed E-state index contributed by atoms with van der Waals surface area (Å²) in [7, 11) is -3.16. The van der Waals surface area contributed by atoms with Crippen molar-refractivity contribution in [1.29, 1.82) is 0 Å². The summed E-state index contributed by atoms with van der Waals surface area (Å²) in [6.45, 7) is 0.799. The van der Waals surface area contributed by atoms with Crippen LogP contribution in [0, 0.1) is 5.92 Å². The fourth-order valence-corrected chi connectivity index (χ4v) is 4.24. The Morgan fingerprint density at radius 3 is 2.29 bits per heavy atom. The fourth-order valence-electron chi connectivity index (χ4n) is 3.36. The monoisotopic (exact) mass is 318 g/mol. The molecule has 1 saturated carbocycles. The van der Waals surface area contributed by atoms with E-state index in [0.29, 0.717) is 25.9 Å². The van der Waals surface area contributed by atoms with Crippen molar-refractivity contribution in [2.75, 3.05) is 26.0 Å². The van der Waals surface area contributed by atoms with Gasteiger partial charge in [-0.05, 0) is 25.7 Å². The van der Waals surface area contributed by atoms with Crippen LogP contribution in [0.25, 0.3) is 0 Å². The molecule has 1 saturated heterocycles. The van der Waals surface area contributed by atoms with E-state index in [-0.39, 0.29) is 18.4 Å². The molecule has 0 atom stereocenters. The second-order valence-corrected chi connectivity index (χ2v) is 8.41. The Morgan fingerprint density at radius 1 is 1.24 bits per heavy atom. The highest BCUT2D eigenvalue weighted by Crippen LogP contribution is 2.29. The molecule has 2 aliphatic rings. The van der Waals surface area contributed by atoms with Gasteiger partial charge in [0.1, 0.15) is 0 Å². The molecule has 122 valence electrons. The van der Waals surface area contributed by atoms with Gasteiger partial charge in [-0.2, -0.15) is 0 Å². The Hall–Kier alpha value is -0.660. The van der Waals surface area contributed by atoms with Crippen molar-refractivity contribution in [1.82, 2.24) is 9.62 Å². The average Bonchev–Trinajstić information content (AvgIpc) is 2.47. The first kappa shape index (κ1) is 16.7. The molecule has 1 heterocycles. The number of aliphatic hydroxyl groups is 1. The van der Waals surface area contributed by atoms with Gasteiger partial charge in [0, 0.05) is 19.0 Å². The molecule has 21 heavy (non-hydrogen) atoms. The molecule has 0 radical (unpaired) electrons. The van der Waals surface area contributed by atoms with Crippen LogP contribution in [-0.4, -0.2) is 55.2 Å². The lowest BCUT2D eigenvalue weighted by Gasteiger charge is -2.38. The lowest BCUT2D eigenvalue weighted by molar-refractivity contribution is -0.129. The largest absolute Gasteiger partial charge is 0.394 e. The van der Waals surface area contributed by atoms with E-state index in [4.69, 9.17) is 0 Å². The van der Waals surface area contributed by atoms with Crippen LogP contribution in [0.2, 0.25) is 0 Å². The third-order valence-electron chi connectivity index (χ3n) is 4.80. The number of hydrogen-bond donors (Lipinski definition) is 2. The summed E-state index contributed by atoms with van der Waals surface area (Å²) in [5.74, 6) is -0.174. The van der Waals surface area contributed by atoms with Crippen molar-refractivity contribution in [3.8, 4) is 0 Å². The van der Waals surface area contributed by atoms with Gasteiger partial charge in [0.2, 0.25) is 15.9 Å². The summed E-state index contributed by atoms with van der Waals surface area (Å²) in [5.41, 5.74) is -0.455. The molecule has 0 bridgehead atoms. The number of nitrogens with one attached hydrogen (secondary N) is 1. The second kappa shape index (κ2) is 6.62. The number of amides is 1. The van der Waals surface area contributed by atoms with Crippen LogP contribution in [0.15, 0.2) is 0 Å². The average molecular weight is 318 g/mol. The Labute approximate surface area is 126 Å². The molecule has 0 aromatic rings. The zero-order valence-electron chi connectivity index (χ0n) is 12.7. The Morgan fingerprint density at radius 2 is 1.81 bits per heavy atom. The number of carbonyl (C=O) groups is 1. The van der Waals surface area contributed by atoms with Gasteiger partial charge in [0.05, 0.1) is 18.4 Å². The number of rotatable bonds is 4. The number of carbonyl (C=O) groups excluding carboxylic acids is 1. The molecule has 0 spiro atoms. The van der Waals surface area contributed by atoms with Gasteiger partial charge in [-0.1, -0.05) is 19.3 Å². The maximum Gasteiger partial charge on any atom is 0.223 e. The smallest absolute Gasteiger partial charge is 0.223 e. The molecule has 2 rings (SSSR count). The second-order valence-electron chi connectivity index (χ2n) is 6.42. The van der Waals surface area contributed by atoms with E-state index in [9.17, 15) is 18.3 Å². The predicted molar refractivity (Wildman–Crippen MR) is 80.2 cm³/mol. The molecule has 7 heteroatoms. The quantitative estimate of drug-likeness (QED) is 0.789. The van der Waals surface area contributed by atoms with E-state index >= 15 is 0 Å². The van der Waals surface area contributed by atoms with E-state index in [0.717, 1.165) is 32.1 Å². The summed E-state index contributed by atoms with van der Waals surface area (Å²) >= 11 is 0. The molecule has 6 nitrogen and oxygen atoms in total. The maximum atomic E-state index is 12.4. The van der Waals surface area contributed by atoms with Crippen molar-refractivity contribution >= 4 is 15.9 Å². The first-order valence-corrected chi connectivity index (χ1v) is 9.59. The van der Waals surface area contributed by atoms with Gasteiger partial charge >= 0.3 is 0 Å². The third kappa shape index (κ3) is 4.17. The third-order valence-corrected chi connectivity index (χ3v) is 6.10. The number of nitrogens with zero attached hydrogens (tertiary/aromatic N) is 1. The predicted octanol–water partition coefficient (Wildman–Crippen LogP) is 0.469. The van der Waals surface area contributed by atoms with Crippen molar-refractivity contribution in [3.63, 3.8) is 0 Å². The molecule has 0 aromatic carbocycles. The highest BCUT2D eigenvalue weighted by atomic mass is 32.2. The van der Waals surface area contributed by atoms with Crippen LogP contribution in [0.1, 0.15) is 44.9 Å². The minimum absolute atomic E-state index is 0.0130. The van der Waals surface area contributed by atoms with Crippen molar-refractivity contribution in [2.24, 2.45) is 5.92 Å². The Balaban J connectivity index is 1.90. The number of sulfonamides is 1. The van der Waals surface area contributed by atoms with Crippen LogP contribution < -0.4 is 5.32 Å². The number of hydrogen-bond acceptors (Lipinski definition) is 4. The molecular weight excluding hydrogens is 292 g/mol. The summed E-state index contributed by atoms with van der Waals surface area (Å²) in [4.78, 5) is 12.4. The molecule has 2 N–H and O–H groups in total.